The van der Waals surface area contributed by atoms with Crippen LogP contribution in [0.2, 0.25) is 0 Å². The Labute approximate surface area is 135 Å². The van der Waals surface area contributed by atoms with Gasteiger partial charge in [-0.1, -0.05) is 6.42 Å². The number of benzene rings is 1. The van der Waals surface area contributed by atoms with Crippen molar-refractivity contribution < 1.29 is 13.3 Å². The van der Waals surface area contributed by atoms with Gasteiger partial charge in [0.2, 0.25) is 10.0 Å². The van der Waals surface area contributed by atoms with Gasteiger partial charge in [0.05, 0.1) is 9.82 Å². The highest BCUT2D eigenvalue weighted by molar-refractivity contribution is 7.89. The molecule has 1 aromatic carbocycles. The van der Waals surface area contributed by atoms with Crippen molar-refractivity contribution in [1.82, 2.24) is 4.72 Å². The fourth-order valence-corrected chi connectivity index (χ4v) is 4.17. The summed E-state index contributed by atoms with van der Waals surface area (Å²) < 4.78 is 27.4. The van der Waals surface area contributed by atoms with E-state index in [9.17, 15) is 18.5 Å². The molecule has 1 fully saturated rings. The van der Waals surface area contributed by atoms with Gasteiger partial charge in [-0.25, -0.2) is 13.1 Å². The molecule has 0 heterocycles. The average Bonchev–Trinajstić information content (AvgIpc) is 2.84. The number of hydrogen-bond donors (Lipinski definition) is 2. The molecule has 9 heteroatoms. The fraction of sp³-hybridized carbons (Fsp3) is 0.538. The summed E-state index contributed by atoms with van der Waals surface area (Å²) in [6.07, 6.45) is 2.64. The van der Waals surface area contributed by atoms with Gasteiger partial charge in [-0.3, -0.25) is 10.1 Å². The van der Waals surface area contributed by atoms with E-state index >= 15 is 0 Å². The molecule has 0 aliphatic heterocycles. The van der Waals surface area contributed by atoms with E-state index in [0.717, 1.165) is 19.3 Å². The third-order valence-electron chi connectivity index (χ3n) is 3.94. The lowest BCUT2D eigenvalue weighted by Crippen LogP contribution is -2.39. The lowest BCUT2D eigenvalue weighted by Gasteiger charge is -2.19. The van der Waals surface area contributed by atoms with Crippen molar-refractivity contribution >= 4 is 28.1 Å². The van der Waals surface area contributed by atoms with E-state index < -0.39 is 14.9 Å². The van der Waals surface area contributed by atoms with Crippen LogP contribution in [0.25, 0.3) is 0 Å². The zero-order valence-electron chi connectivity index (χ0n) is 12.2. The summed E-state index contributed by atoms with van der Waals surface area (Å²) in [5.41, 5.74) is 5.88. The minimum absolute atomic E-state index is 0. The summed E-state index contributed by atoms with van der Waals surface area (Å²) in [5, 5.41) is 10.8. The van der Waals surface area contributed by atoms with E-state index in [-0.39, 0.29) is 34.9 Å². The number of nitro benzene ring substituents is 1. The van der Waals surface area contributed by atoms with Gasteiger partial charge >= 0.3 is 0 Å². The van der Waals surface area contributed by atoms with Gasteiger partial charge in [-0.2, -0.15) is 0 Å². The summed E-state index contributed by atoms with van der Waals surface area (Å²) in [6, 6.07) is 3.65. The highest BCUT2D eigenvalue weighted by Crippen LogP contribution is 2.27. The molecule has 0 spiro atoms. The highest BCUT2D eigenvalue weighted by Gasteiger charge is 2.30. The van der Waals surface area contributed by atoms with E-state index in [1.165, 1.54) is 25.1 Å². The molecular weight excluding hydrogens is 330 g/mol. The first-order valence-corrected chi connectivity index (χ1v) is 8.31. The molecule has 0 radical (unpaired) electrons. The zero-order valence-corrected chi connectivity index (χ0v) is 13.8. The van der Waals surface area contributed by atoms with Crippen LogP contribution >= 0.6 is 12.4 Å². The maximum absolute atomic E-state index is 12.4. The Morgan fingerprint density at radius 2 is 2.09 bits per heavy atom. The fourth-order valence-electron chi connectivity index (χ4n) is 2.74. The lowest BCUT2D eigenvalue weighted by atomic mass is 10.1. The molecule has 1 saturated carbocycles. The van der Waals surface area contributed by atoms with Crippen molar-refractivity contribution in [2.75, 3.05) is 6.54 Å². The molecule has 2 unspecified atom stereocenters. The second-order valence-electron chi connectivity index (χ2n) is 5.36. The van der Waals surface area contributed by atoms with Crippen molar-refractivity contribution in [3.05, 3.63) is 33.9 Å². The van der Waals surface area contributed by atoms with Crippen LogP contribution in [0, 0.1) is 23.0 Å². The number of nitrogens with two attached hydrogens (primary N) is 1. The van der Waals surface area contributed by atoms with Crippen LogP contribution in [0.1, 0.15) is 24.8 Å². The number of nitro groups is 1. The molecule has 2 rings (SSSR count). The molecule has 1 aliphatic rings. The van der Waals surface area contributed by atoms with Crippen molar-refractivity contribution in [1.29, 1.82) is 0 Å². The molecule has 2 atom stereocenters. The van der Waals surface area contributed by atoms with E-state index in [1.54, 1.807) is 0 Å². The van der Waals surface area contributed by atoms with Crippen molar-refractivity contribution in [2.24, 2.45) is 11.7 Å². The van der Waals surface area contributed by atoms with Gasteiger partial charge < -0.3 is 5.73 Å². The number of nitrogens with one attached hydrogen (secondary N) is 1. The smallest absolute Gasteiger partial charge is 0.272 e. The third-order valence-corrected chi connectivity index (χ3v) is 5.43. The first-order valence-electron chi connectivity index (χ1n) is 6.82. The normalized spacial score (nSPS) is 21.4. The van der Waals surface area contributed by atoms with Gasteiger partial charge in [0.1, 0.15) is 0 Å². The quantitative estimate of drug-likeness (QED) is 0.620. The Hall–Kier alpha value is -1.22. The predicted molar refractivity (Wildman–Crippen MR) is 85.6 cm³/mol. The summed E-state index contributed by atoms with van der Waals surface area (Å²) in [4.78, 5) is 10.3. The van der Waals surface area contributed by atoms with Crippen LogP contribution in [-0.2, 0) is 10.0 Å². The van der Waals surface area contributed by atoms with Crippen molar-refractivity contribution in [3.8, 4) is 0 Å². The Balaban J connectivity index is 0.00000242. The molecule has 1 aromatic rings. The lowest BCUT2D eigenvalue weighted by molar-refractivity contribution is -0.385. The predicted octanol–water partition coefficient (Wildman–Crippen LogP) is 1.73. The molecular formula is C13H20ClN3O4S. The van der Waals surface area contributed by atoms with Gasteiger partial charge in [0.15, 0.2) is 0 Å². The summed E-state index contributed by atoms with van der Waals surface area (Å²) in [5.74, 6) is 0.152. The molecule has 22 heavy (non-hydrogen) atoms. The monoisotopic (exact) mass is 349 g/mol. The van der Waals surface area contributed by atoms with Gasteiger partial charge in [-0.15, -0.1) is 12.4 Å². The molecule has 124 valence electrons. The first-order chi connectivity index (χ1) is 9.85. The highest BCUT2D eigenvalue weighted by atomic mass is 35.5. The summed E-state index contributed by atoms with van der Waals surface area (Å²) in [7, 11) is -3.68. The minimum Gasteiger partial charge on any atom is -0.330 e. The maximum atomic E-state index is 12.4. The first kappa shape index (κ1) is 18.8. The molecule has 0 bridgehead atoms. The molecule has 0 amide bonds. The Bertz CT molecular complexity index is 651. The third kappa shape index (κ3) is 3.95. The van der Waals surface area contributed by atoms with E-state index in [4.69, 9.17) is 5.73 Å². The second kappa shape index (κ2) is 7.36. The van der Waals surface area contributed by atoms with Crippen LogP contribution < -0.4 is 10.5 Å². The molecule has 7 nitrogen and oxygen atoms in total. The summed E-state index contributed by atoms with van der Waals surface area (Å²) >= 11 is 0. The number of aryl methyl sites for hydroxylation is 1. The molecule has 0 saturated heterocycles. The number of nitrogens with zero attached hydrogens (tertiary/aromatic N) is 1. The molecule has 3 N–H and O–H groups in total. The van der Waals surface area contributed by atoms with Gasteiger partial charge in [0, 0.05) is 17.7 Å². The SMILES string of the molecule is Cc1cc(S(=O)(=O)NC2CCCC2CN)ccc1[N+](=O)[O-].Cl. The standard InChI is InChI=1S/C13H19N3O4S.ClH/c1-9-7-11(5-6-13(9)16(17)18)21(19,20)15-12-4-2-3-10(12)8-14;/h5-7,10,12,15H,2-4,8,14H2,1H3;1H. The topological polar surface area (TPSA) is 115 Å². The van der Waals surface area contributed by atoms with Crippen molar-refractivity contribution in [3.63, 3.8) is 0 Å². The number of hydrogen-bond acceptors (Lipinski definition) is 5. The van der Waals surface area contributed by atoms with E-state index in [1.807, 2.05) is 0 Å². The van der Waals surface area contributed by atoms with Crippen LogP contribution in [0.4, 0.5) is 5.69 Å². The van der Waals surface area contributed by atoms with Crippen LogP contribution in [-0.4, -0.2) is 25.9 Å². The summed E-state index contributed by atoms with van der Waals surface area (Å²) in [6.45, 7) is 1.97. The van der Waals surface area contributed by atoms with Gasteiger partial charge in [-0.05, 0) is 44.4 Å². The average molecular weight is 350 g/mol. The second-order valence-corrected chi connectivity index (χ2v) is 7.07. The number of halogens is 1. The van der Waals surface area contributed by atoms with Crippen LogP contribution in [0.5, 0.6) is 0 Å². The number of sulfonamides is 1. The number of rotatable bonds is 5. The Kier molecular flexibility index (Phi) is 6.30. The zero-order chi connectivity index (χ0) is 15.6. The Morgan fingerprint density at radius 1 is 1.41 bits per heavy atom. The molecule has 0 aromatic heterocycles. The van der Waals surface area contributed by atoms with Crippen molar-refractivity contribution in [2.45, 2.75) is 37.1 Å². The van der Waals surface area contributed by atoms with E-state index in [0.29, 0.717) is 12.1 Å². The minimum atomic E-state index is -3.68. The van der Waals surface area contributed by atoms with Crippen LogP contribution in [0.15, 0.2) is 23.1 Å². The van der Waals surface area contributed by atoms with Gasteiger partial charge in [0.25, 0.3) is 5.69 Å². The molecule has 1 aliphatic carbocycles. The van der Waals surface area contributed by atoms with Crippen LogP contribution in [0.3, 0.4) is 0 Å². The largest absolute Gasteiger partial charge is 0.330 e. The van der Waals surface area contributed by atoms with E-state index in [2.05, 4.69) is 4.72 Å². The Morgan fingerprint density at radius 3 is 2.64 bits per heavy atom. The maximum Gasteiger partial charge on any atom is 0.272 e.